The Labute approximate surface area is 188 Å². The fourth-order valence-corrected chi connectivity index (χ4v) is 4.67. The number of nitrogens with zero attached hydrogens (tertiary/aromatic N) is 2. The smallest absolute Gasteiger partial charge is 0.216 e. The minimum atomic E-state index is -0.508. The second kappa shape index (κ2) is 7.25. The zero-order chi connectivity index (χ0) is 22.7. The van der Waals surface area contributed by atoms with Crippen LogP contribution in [0.2, 0.25) is 0 Å². The number of nitrogens with two attached hydrogens (primary N) is 1. The third-order valence-corrected chi connectivity index (χ3v) is 6.73. The maximum Gasteiger partial charge on any atom is 0.216 e. The Kier molecular flexibility index (Phi) is 4.42. The molecular formula is C25H22F2N4O2. The number of aromatic amines is 1. The normalized spacial score (nSPS) is 18.7. The second-order valence-electron chi connectivity index (χ2n) is 9.19. The highest BCUT2D eigenvalue weighted by Gasteiger charge is 2.39. The van der Waals surface area contributed by atoms with Gasteiger partial charge in [-0.3, -0.25) is 9.89 Å². The highest BCUT2D eigenvalue weighted by molar-refractivity contribution is 6.10. The van der Waals surface area contributed by atoms with Crippen molar-refractivity contribution in [2.24, 2.45) is 11.7 Å². The number of aromatic nitrogens is 3. The van der Waals surface area contributed by atoms with E-state index < -0.39 is 11.9 Å². The Morgan fingerprint density at radius 3 is 2.85 bits per heavy atom. The van der Waals surface area contributed by atoms with Crippen molar-refractivity contribution in [2.75, 3.05) is 6.61 Å². The van der Waals surface area contributed by atoms with Gasteiger partial charge >= 0.3 is 0 Å². The predicted molar refractivity (Wildman–Crippen MR) is 119 cm³/mol. The van der Waals surface area contributed by atoms with E-state index in [4.69, 9.17) is 10.5 Å². The number of ether oxygens (including phenoxy) is 1. The molecule has 1 fully saturated rings. The van der Waals surface area contributed by atoms with E-state index in [2.05, 4.69) is 10.2 Å². The summed E-state index contributed by atoms with van der Waals surface area (Å²) < 4.78 is 35.6. The van der Waals surface area contributed by atoms with Crippen molar-refractivity contribution in [3.8, 4) is 16.9 Å². The van der Waals surface area contributed by atoms with Crippen molar-refractivity contribution >= 4 is 16.7 Å². The molecule has 8 heteroatoms. The molecule has 0 amide bonds. The molecule has 168 valence electrons. The molecule has 2 aromatic heterocycles. The van der Waals surface area contributed by atoms with Crippen LogP contribution in [-0.4, -0.2) is 32.7 Å². The fraction of sp³-hybridized carbons (Fsp3) is 0.280. The van der Waals surface area contributed by atoms with Gasteiger partial charge in [0.1, 0.15) is 11.6 Å². The minimum absolute atomic E-state index is 0.0576. The Morgan fingerprint density at radius 1 is 1.24 bits per heavy atom. The average Bonchev–Trinajstić information content (AvgIpc) is 3.21. The van der Waals surface area contributed by atoms with E-state index in [0.717, 1.165) is 23.7 Å². The summed E-state index contributed by atoms with van der Waals surface area (Å²) in [6, 6.07) is 9.88. The molecule has 2 aliphatic rings. The molecule has 0 saturated heterocycles. The van der Waals surface area contributed by atoms with Crippen molar-refractivity contribution in [3.05, 3.63) is 71.7 Å². The summed E-state index contributed by atoms with van der Waals surface area (Å²) in [4.78, 5) is 13.6. The molecule has 1 atom stereocenters. The first-order valence-electron chi connectivity index (χ1n) is 11.0. The van der Waals surface area contributed by atoms with Gasteiger partial charge in [0.15, 0.2) is 5.78 Å². The Morgan fingerprint density at radius 2 is 2.09 bits per heavy atom. The molecular weight excluding hydrogens is 426 g/mol. The second-order valence-corrected chi connectivity index (χ2v) is 9.19. The van der Waals surface area contributed by atoms with Gasteiger partial charge in [-0.05, 0) is 54.7 Å². The van der Waals surface area contributed by atoms with E-state index in [9.17, 15) is 13.6 Å². The van der Waals surface area contributed by atoms with E-state index >= 15 is 0 Å². The molecule has 3 heterocycles. The lowest BCUT2D eigenvalue weighted by atomic mass is 9.89. The molecule has 1 aliphatic carbocycles. The third-order valence-electron chi connectivity index (χ3n) is 6.73. The lowest BCUT2D eigenvalue weighted by Crippen LogP contribution is -2.29. The highest BCUT2D eigenvalue weighted by Crippen LogP contribution is 2.38. The van der Waals surface area contributed by atoms with Gasteiger partial charge in [0.2, 0.25) is 5.95 Å². The first-order chi connectivity index (χ1) is 15.9. The maximum absolute atomic E-state index is 14.1. The summed E-state index contributed by atoms with van der Waals surface area (Å²) in [6.45, 7) is 0.812. The number of hydrogen-bond donors (Lipinski definition) is 2. The van der Waals surface area contributed by atoms with E-state index in [1.807, 2.05) is 22.9 Å². The SMILES string of the molecule is NC1(Cn2cc(C(=O)C3COc4ccc(F)cc4C3)c3ccc(-c4cn[nH]c4F)cc32)CC1. The van der Waals surface area contributed by atoms with Gasteiger partial charge in [0, 0.05) is 34.7 Å². The number of benzene rings is 2. The summed E-state index contributed by atoms with van der Waals surface area (Å²) in [5.74, 6) is -0.714. The molecule has 3 N–H and O–H groups in total. The molecule has 1 saturated carbocycles. The highest BCUT2D eigenvalue weighted by atomic mass is 19.1. The lowest BCUT2D eigenvalue weighted by molar-refractivity contribution is 0.0856. The Bertz CT molecular complexity index is 1400. The summed E-state index contributed by atoms with van der Waals surface area (Å²) >= 11 is 0. The maximum atomic E-state index is 14.1. The van der Waals surface area contributed by atoms with Crippen LogP contribution in [0.1, 0.15) is 28.8 Å². The number of carbonyl (C=O) groups excluding carboxylic acids is 1. The van der Waals surface area contributed by atoms with E-state index in [1.54, 1.807) is 12.1 Å². The summed E-state index contributed by atoms with van der Waals surface area (Å²) in [5.41, 5.74) is 9.22. The first-order valence-corrected chi connectivity index (χ1v) is 11.0. The van der Waals surface area contributed by atoms with Crippen LogP contribution in [-0.2, 0) is 13.0 Å². The number of carbonyl (C=O) groups is 1. The number of fused-ring (bicyclic) bond motifs is 2. The van der Waals surface area contributed by atoms with Crippen molar-refractivity contribution in [1.82, 2.24) is 14.8 Å². The molecule has 6 nitrogen and oxygen atoms in total. The average molecular weight is 448 g/mol. The number of Topliss-reactive ketones (excluding diaryl/α,β-unsaturated/α-hetero) is 1. The molecule has 2 aromatic carbocycles. The van der Waals surface area contributed by atoms with Gasteiger partial charge in [-0.2, -0.15) is 9.49 Å². The Hall–Kier alpha value is -3.52. The largest absolute Gasteiger partial charge is 0.493 e. The van der Waals surface area contributed by atoms with Crippen molar-refractivity contribution in [3.63, 3.8) is 0 Å². The molecule has 33 heavy (non-hydrogen) atoms. The van der Waals surface area contributed by atoms with Crippen LogP contribution >= 0.6 is 0 Å². The van der Waals surface area contributed by atoms with Crippen LogP contribution in [0.5, 0.6) is 5.75 Å². The van der Waals surface area contributed by atoms with Crippen molar-refractivity contribution in [1.29, 1.82) is 0 Å². The standard InChI is InChI=1S/C25H22F2N4O2/c26-17-2-4-22-15(8-17)7-16(12-33-22)23(32)20-11-31(13-25(28)5-6-25)21-9-14(1-3-18(20)21)19-10-29-30-24(19)27/h1-4,8-11,16H,5-7,12-13,28H2,(H,29,30). The van der Waals surface area contributed by atoms with Crippen LogP contribution in [0.3, 0.4) is 0 Å². The lowest BCUT2D eigenvalue weighted by Gasteiger charge is -2.24. The van der Waals surface area contributed by atoms with Gasteiger partial charge in [0.25, 0.3) is 0 Å². The molecule has 0 radical (unpaired) electrons. The number of ketones is 1. The minimum Gasteiger partial charge on any atom is -0.493 e. The summed E-state index contributed by atoms with van der Waals surface area (Å²) in [7, 11) is 0. The molecule has 0 bridgehead atoms. The molecule has 4 aromatic rings. The summed E-state index contributed by atoms with van der Waals surface area (Å²) in [5, 5.41) is 6.87. The van der Waals surface area contributed by atoms with Crippen LogP contribution < -0.4 is 10.5 Å². The van der Waals surface area contributed by atoms with E-state index in [1.165, 1.54) is 18.3 Å². The molecule has 0 spiro atoms. The number of halogens is 2. The monoisotopic (exact) mass is 448 g/mol. The van der Waals surface area contributed by atoms with Gasteiger partial charge in [-0.25, -0.2) is 4.39 Å². The zero-order valence-corrected chi connectivity index (χ0v) is 17.8. The molecule has 6 rings (SSSR count). The van der Waals surface area contributed by atoms with Gasteiger partial charge in [-0.1, -0.05) is 12.1 Å². The number of H-pyrrole nitrogens is 1. The topological polar surface area (TPSA) is 85.9 Å². The zero-order valence-electron chi connectivity index (χ0n) is 17.8. The van der Waals surface area contributed by atoms with Crippen molar-refractivity contribution in [2.45, 2.75) is 31.3 Å². The number of nitrogens with one attached hydrogen (secondary N) is 1. The fourth-order valence-electron chi connectivity index (χ4n) is 4.67. The quantitative estimate of drug-likeness (QED) is 0.448. The summed E-state index contributed by atoms with van der Waals surface area (Å²) in [6.07, 6.45) is 5.54. The van der Waals surface area contributed by atoms with E-state index in [-0.39, 0.29) is 23.7 Å². The first kappa shape index (κ1) is 20.1. The van der Waals surface area contributed by atoms with Crippen LogP contribution in [0.4, 0.5) is 8.78 Å². The number of hydrogen-bond acceptors (Lipinski definition) is 4. The molecule has 1 aliphatic heterocycles. The van der Waals surface area contributed by atoms with Crippen LogP contribution in [0.25, 0.3) is 22.0 Å². The van der Waals surface area contributed by atoms with Gasteiger partial charge in [-0.15, -0.1) is 0 Å². The van der Waals surface area contributed by atoms with Gasteiger partial charge < -0.3 is 15.0 Å². The van der Waals surface area contributed by atoms with Crippen LogP contribution in [0, 0.1) is 17.7 Å². The third kappa shape index (κ3) is 3.51. The van der Waals surface area contributed by atoms with Crippen LogP contribution in [0.15, 0.2) is 48.8 Å². The Balaban J connectivity index is 1.40. The molecule has 1 unspecified atom stereocenters. The van der Waals surface area contributed by atoms with Gasteiger partial charge in [0.05, 0.1) is 24.3 Å². The van der Waals surface area contributed by atoms with E-state index in [0.29, 0.717) is 41.0 Å². The predicted octanol–water partition coefficient (Wildman–Crippen LogP) is 4.23. The van der Waals surface area contributed by atoms with Crippen molar-refractivity contribution < 1.29 is 18.3 Å². The number of rotatable bonds is 5.